The molecule has 0 bridgehead atoms. The van der Waals surface area contributed by atoms with Crippen LogP contribution in [-0.4, -0.2) is 24.1 Å². The van der Waals surface area contributed by atoms with Crippen molar-refractivity contribution in [1.82, 2.24) is 24.1 Å². The average molecular weight is 640 g/mol. The smallest absolute Gasteiger partial charge is 0.164 e. The van der Waals surface area contributed by atoms with Crippen LogP contribution < -0.4 is 0 Å². The van der Waals surface area contributed by atoms with Gasteiger partial charge in [0.05, 0.1) is 16.6 Å². The van der Waals surface area contributed by atoms with E-state index in [1.54, 1.807) is 0 Å². The monoisotopic (exact) mass is 639 g/mol. The highest BCUT2D eigenvalue weighted by atomic mass is 15.0. The minimum Gasteiger partial charge on any atom is -0.316 e. The minimum atomic E-state index is 0.638. The lowest BCUT2D eigenvalue weighted by Gasteiger charge is -2.12. The number of hydrogen-bond donors (Lipinski definition) is 0. The van der Waals surface area contributed by atoms with Crippen molar-refractivity contribution in [3.63, 3.8) is 0 Å². The Bertz CT molecular complexity index is 2780. The summed E-state index contributed by atoms with van der Waals surface area (Å²) < 4.78 is 4.71. The molecular formula is C45H29N5. The van der Waals surface area contributed by atoms with Gasteiger partial charge < -0.3 is 9.13 Å². The van der Waals surface area contributed by atoms with Gasteiger partial charge in [-0.05, 0) is 53.9 Å². The Kier molecular flexibility index (Phi) is 6.42. The zero-order valence-corrected chi connectivity index (χ0v) is 27.0. The lowest BCUT2D eigenvalue weighted by atomic mass is 10.1. The maximum Gasteiger partial charge on any atom is 0.164 e. The number of para-hydroxylation sites is 1. The third kappa shape index (κ3) is 4.52. The van der Waals surface area contributed by atoms with Crippen molar-refractivity contribution < 1.29 is 0 Å². The molecule has 3 aromatic heterocycles. The van der Waals surface area contributed by atoms with Gasteiger partial charge in [-0.1, -0.05) is 121 Å². The van der Waals surface area contributed by atoms with E-state index < -0.39 is 0 Å². The van der Waals surface area contributed by atoms with Crippen LogP contribution in [0.5, 0.6) is 0 Å². The first-order valence-electron chi connectivity index (χ1n) is 16.8. The fourth-order valence-corrected chi connectivity index (χ4v) is 7.25. The molecule has 0 unspecified atom stereocenters. The third-order valence-electron chi connectivity index (χ3n) is 9.60. The first kappa shape index (κ1) is 28.2. The quantitative estimate of drug-likeness (QED) is 0.188. The third-order valence-corrected chi connectivity index (χ3v) is 9.60. The van der Waals surface area contributed by atoms with Gasteiger partial charge in [0.15, 0.2) is 17.5 Å². The van der Waals surface area contributed by atoms with E-state index in [9.17, 15) is 0 Å². The summed E-state index contributed by atoms with van der Waals surface area (Å²) in [7, 11) is 0. The number of aromatic nitrogens is 5. The van der Waals surface area contributed by atoms with Crippen molar-refractivity contribution in [3.8, 4) is 45.5 Å². The Hall–Kier alpha value is -6.85. The van der Waals surface area contributed by atoms with Gasteiger partial charge in [0.25, 0.3) is 0 Å². The van der Waals surface area contributed by atoms with Crippen LogP contribution in [0.25, 0.3) is 89.0 Å². The molecule has 10 aromatic rings. The molecule has 0 fully saturated rings. The van der Waals surface area contributed by atoms with E-state index in [0.29, 0.717) is 17.5 Å². The standard InChI is InChI=1S/C45H29N5/c1-4-13-31(14-5-1)43-46-44(32-15-6-2-7-16-32)48-45(47-43)33-20-23-35(24-21-33)50-41-36-19-11-10-12-30(36)22-25-37(41)38-26-27-40-39(42(38)50)28-29-49(40)34-17-8-3-9-18-34/h1-29H. The molecule has 5 heteroatoms. The van der Waals surface area contributed by atoms with Crippen LogP contribution in [-0.2, 0) is 0 Å². The summed E-state index contributed by atoms with van der Waals surface area (Å²) in [6.45, 7) is 0. The number of fused-ring (bicyclic) bond motifs is 7. The Labute approximate surface area is 288 Å². The van der Waals surface area contributed by atoms with Crippen LogP contribution in [0.2, 0.25) is 0 Å². The topological polar surface area (TPSA) is 48.5 Å². The highest BCUT2D eigenvalue weighted by Gasteiger charge is 2.19. The van der Waals surface area contributed by atoms with Gasteiger partial charge in [0, 0.05) is 55.8 Å². The normalized spacial score (nSPS) is 11.6. The predicted octanol–water partition coefficient (Wildman–Crippen LogP) is 11.1. The molecule has 0 aliphatic heterocycles. The number of benzene rings is 7. The van der Waals surface area contributed by atoms with Gasteiger partial charge in [-0.3, -0.25) is 0 Å². The molecule has 50 heavy (non-hydrogen) atoms. The SMILES string of the molecule is c1ccc(-c2nc(-c3ccccc3)nc(-c3ccc(-n4c5c6ccccc6ccc5c5ccc6c(ccn6-c6ccccc6)c54)cc3)n2)cc1. The average Bonchev–Trinajstić information content (AvgIpc) is 3.79. The molecule has 0 saturated heterocycles. The molecule has 0 saturated carbocycles. The van der Waals surface area contributed by atoms with Crippen LogP contribution in [0, 0.1) is 0 Å². The van der Waals surface area contributed by atoms with Crippen molar-refractivity contribution in [3.05, 3.63) is 176 Å². The molecule has 0 N–H and O–H groups in total. The molecule has 0 amide bonds. The molecule has 0 aliphatic carbocycles. The fraction of sp³-hybridized carbons (Fsp3) is 0. The molecule has 0 radical (unpaired) electrons. The molecule has 0 aliphatic rings. The van der Waals surface area contributed by atoms with Crippen LogP contribution in [0.1, 0.15) is 0 Å². The lowest BCUT2D eigenvalue weighted by Crippen LogP contribution is -2.00. The molecule has 3 heterocycles. The van der Waals surface area contributed by atoms with Crippen molar-refractivity contribution in [2.75, 3.05) is 0 Å². The van der Waals surface area contributed by atoms with Crippen LogP contribution in [0.3, 0.4) is 0 Å². The molecule has 5 nitrogen and oxygen atoms in total. The Morgan fingerprint density at radius 1 is 0.340 bits per heavy atom. The summed E-state index contributed by atoms with van der Waals surface area (Å²) in [4.78, 5) is 14.8. The fourth-order valence-electron chi connectivity index (χ4n) is 7.25. The minimum absolute atomic E-state index is 0.638. The second kappa shape index (κ2) is 11.4. The Balaban J connectivity index is 1.19. The molecule has 0 atom stereocenters. The molecule has 7 aromatic carbocycles. The van der Waals surface area contributed by atoms with Gasteiger partial charge in [0.2, 0.25) is 0 Å². The molecule has 234 valence electrons. The summed E-state index contributed by atoms with van der Waals surface area (Å²) in [5, 5.41) is 6.10. The maximum atomic E-state index is 4.97. The second-order valence-corrected chi connectivity index (χ2v) is 12.5. The first-order chi connectivity index (χ1) is 24.8. The number of nitrogens with zero attached hydrogens (tertiary/aromatic N) is 5. The van der Waals surface area contributed by atoms with E-state index in [1.807, 2.05) is 60.7 Å². The van der Waals surface area contributed by atoms with E-state index in [2.05, 4.69) is 125 Å². The van der Waals surface area contributed by atoms with Crippen LogP contribution in [0.15, 0.2) is 176 Å². The first-order valence-corrected chi connectivity index (χ1v) is 16.8. The zero-order chi connectivity index (χ0) is 33.0. The van der Waals surface area contributed by atoms with Crippen LogP contribution >= 0.6 is 0 Å². The van der Waals surface area contributed by atoms with E-state index in [1.165, 1.54) is 43.5 Å². The van der Waals surface area contributed by atoms with E-state index in [-0.39, 0.29) is 0 Å². The highest BCUT2D eigenvalue weighted by molar-refractivity contribution is 6.23. The lowest BCUT2D eigenvalue weighted by molar-refractivity contribution is 1.07. The van der Waals surface area contributed by atoms with Crippen molar-refractivity contribution in [2.45, 2.75) is 0 Å². The van der Waals surface area contributed by atoms with Crippen molar-refractivity contribution >= 4 is 43.5 Å². The summed E-state index contributed by atoms with van der Waals surface area (Å²) in [5.74, 6) is 1.94. The van der Waals surface area contributed by atoms with E-state index in [0.717, 1.165) is 28.1 Å². The summed E-state index contributed by atoms with van der Waals surface area (Å²) >= 11 is 0. The molecule has 0 spiro atoms. The summed E-state index contributed by atoms with van der Waals surface area (Å²) in [5.41, 5.74) is 8.60. The van der Waals surface area contributed by atoms with Gasteiger partial charge in [-0.25, -0.2) is 15.0 Å². The Morgan fingerprint density at radius 2 is 0.860 bits per heavy atom. The van der Waals surface area contributed by atoms with Gasteiger partial charge in [-0.15, -0.1) is 0 Å². The summed E-state index contributed by atoms with van der Waals surface area (Å²) in [6, 6.07) is 59.3. The highest BCUT2D eigenvalue weighted by Crippen LogP contribution is 2.40. The molecule has 10 rings (SSSR count). The van der Waals surface area contributed by atoms with Crippen LogP contribution in [0.4, 0.5) is 0 Å². The van der Waals surface area contributed by atoms with E-state index in [4.69, 9.17) is 15.0 Å². The maximum absolute atomic E-state index is 4.97. The number of rotatable bonds is 5. The Morgan fingerprint density at radius 3 is 1.50 bits per heavy atom. The van der Waals surface area contributed by atoms with Gasteiger partial charge >= 0.3 is 0 Å². The van der Waals surface area contributed by atoms with E-state index >= 15 is 0 Å². The number of hydrogen-bond acceptors (Lipinski definition) is 3. The van der Waals surface area contributed by atoms with Gasteiger partial charge in [0.1, 0.15) is 0 Å². The largest absolute Gasteiger partial charge is 0.316 e. The second-order valence-electron chi connectivity index (χ2n) is 12.5. The summed E-state index contributed by atoms with van der Waals surface area (Å²) in [6.07, 6.45) is 2.18. The molecular weight excluding hydrogens is 611 g/mol. The van der Waals surface area contributed by atoms with Gasteiger partial charge in [-0.2, -0.15) is 0 Å². The van der Waals surface area contributed by atoms with Crippen molar-refractivity contribution in [1.29, 1.82) is 0 Å². The zero-order valence-electron chi connectivity index (χ0n) is 27.0. The predicted molar refractivity (Wildman–Crippen MR) is 205 cm³/mol. The van der Waals surface area contributed by atoms with Crippen molar-refractivity contribution in [2.24, 2.45) is 0 Å².